The van der Waals surface area contributed by atoms with E-state index < -0.39 is 5.97 Å². The van der Waals surface area contributed by atoms with Gasteiger partial charge in [0.2, 0.25) is 0 Å². The topological polar surface area (TPSA) is 43.4 Å². The predicted molar refractivity (Wildman–Crippen MR) is 86.7 cm³/mol. The highest BCUT2D eigenvalue weighted by Crippen LogP contribution is 2.20. The number of ether oxygens (including phenoxy) is 1. The maximum Gasteiger partial charge on any atom is 0.338 e. The Labute approximate surface area is 129 Å². The van der Waals surface area contributed by atoms with Crippen molar-refractivity contribution in [2.45, 2.75) is 6.92 Å². The van der Waals surface area contributed by atoms with Crippen LogP contribution >= 0.6 is 0 Å². The van der Waals surface area contributed by atoms with E-state index in [9.17, 15) is 9.59 Å². The molecule has 3 heteroatoms. The zero-order valence-electron chi connectivity index (χ0n) is 12.3. The van der Waals surface area contributed by atoms with Crippen molar-refractivity contribution in [2.75, 3.05) is 0 Å². The van der Waals surface area contributed by atoms with Crippen LogP contribution in [-0.2, 0) is 4.79 Å². The Morgan fingerprint density at radius 2 is 1.64 bits per heavy atom. The molecule has 0 aliphatic heterocycles. The number of para-hydroxylation sites is 1. The van der Waals surface area contributed by atoms with Gasteiger partial charge >= 0.3 is 5.97 Å². The summed E-state index contributed by atoms with van der Waals surface area (Å²) in [7, 11) is 0. The van der Waals surface area contributed by atoms with E-state index in [0.717, 1.165) is 0 Å². The van der Waals surface area contributed by atoms with Gasteiger partial charge in [-0.1, -0.05) is 55.1 Å². The Morgan fingerprint density at radius 3 is 2.32 bits per heavy atom. The SMILES string of the molecule is C=C(C)C(=O)Oc1ccccc1C=CC(=O)c1ccccc1. The smallest absolute Gasteiger partial charge is 0.338 e. The summed E-state index contributed by atoms with van der Waals surface area (Å²) in [4.78, 5) is 23.7. The molecule has 0 unspecified atom stereocenters. The van der Waals surface area contributed by atoms with Crippen LogP contribution in [0.25, 0.3) is 6.08 Å². The lowest BCUT2D eigenvalue weighted by molar-refractivity contribution is -0.130. The molecule has 2 aromatic rings. The first-order chi connectivity index (χ1) is 10.6. The number of carbonyl (C=O) groups excluding carboxylic acids is 2. The van der Waals surface area contributed by atoms with Crippen LogP contribution in [0.1, 0.15) is 22.8 Å². The second kappa shape index (κ2) is 7.18. The van der Waals surface area contributed by atoms with E-state index in [4.69, 9.17) is 4.74 Å². The molecule has 0 spiro atoms. The third-order valence-electron chi connectivity index (χ3n) is 2.94. The van der Waals surface area contributed by atoms with Crippen molar-refractivity contribution in [1.82, 2.24) is 0 Å². The maximum atomic E-state index is 12.1. The lowest BCUT2D eigenvalue weighted by Crippen LogP contribution is -2.08. The van der Waals surface area contributed by atoms with Crippen LogP contribution in [0.15, 0.2) is 72.8 Å². The Bertz CT molecular complexity index is 727. The summed E-state index contributed by atoms with van der Waals surface area (Å²) in [5.41, 5.74) is 1.58. The molecular weight excluding hydrogens is 276 g/mol. The molecule has 110 valence electrons. The van der Waals surface area contributed by atoms with E-state index in [0.29, 0.717) is 22.4 Å². The van der Waals surface area contributed by atoms with Gasteiger partial charge in [0.1, 0.15) is 5.75 Å². The predicted octanol–water partition coefficient (Wildman–Crippen LogP) is 4.06. The molecule has 0 aliphatic rings. The van der Waals surface area contributed by atoms with Crippen LogP contribution in [0.2, 0.25) is 0 Å². The first kappa shape index (κ1) is 15.4. The third kappa shape index (κ3) is 4.03. The zero-order chi connectivity index (χ0) is 15.9. The summed E-state index contributed by atoms with van der Waals surface area (Å²) in [5.74, 6) is -0.204. The molecule has 0 fully saturated rings. The molecule has 0 aliphatic carbocycles. The van der Waals surface area contributed by atoms with Gasteiger partial charge in [-0.25, -0.2) is 4.79 Å². The zero-order valence-corrected chi connectivity index (χ0v) is 12.3. The molecule has 0 amide bonds. The van der Waals surface area contributed by atoms with Gasteiger partial charge in [-0.2, -0.15) is 0 Å². The second-order valence-corrected chi connectivity index (χ2v) is 4.77. The molecule has 0 saturated carbocycles. The van der Waals surface area contributed by atoms with E-state index in [1.165, 1.54) is 6.08 Å². The van der Waals surface area contributed by atoms with Crippen LogP contribution in [-0.4, -0.2) is 11.8 Å². The number of ketones is 1. The van der Waals surface area contributed by atoms with E-state index in [1.807, 2.05) is 24.3 Å². The number of hydrogen-bond acceptors (Lipinski definition) is 3. The molecule has 0 saturated heterocycles. The fraction of sp³-hybridized carbons (Fsp3) is 0.0526. The van der Waals surface area contributed by atoms with Gasteiger partial charge in [0, 0.05) is 16.7 Å². The molecule has 0 N–H and O–H groups in total. The summed E-state index contributed by atoms with van der Waals surface area (Å²) in [6.45, 7) is 5.13. The minimum atomic E-state index is -0.491. The van der Waals surface area contributed by atoms with Crippen molar-refractivity contribution >= 4 is 17.8 Å². The summed E-state index contributed by atoms with van der Waals surface area (Å²) in [5, 5.41) is 0. The highest BCUT2D eigenvalue weighted by molar-refractivity contribution is 6.07. The minimum Gasteiger partial charge on any atom is -0.423 e. The molecule has 0 bridgehead atoms. The molecule has 2 aromatic carbocycles. The van der Waals surface area contributed by atoms with Crippen LogP contribution in [0.5, 0.6) is 5.75 Å². The normalized spacial score (nSPS) is 10.4. The fourth-order valence-corrected chi connectivity index (χ4v) is 1.76. The van der Waals surface area contributed by atoms with Gasteiger partial charge in [0.15, 0.2) is 5.78 Å². The number of allylic oxidation sites excluding steroid dienone is 1. The molecule has 0 radical (unpaired) electrons. The Kier molecular flexibility index (Phi) is 5.04. The number of rotatable bonds is 5. The molecule has 3 nitrogen and oxygen atoms in total. The lowest BCUT2D eigenvalue weighted by Gasteiger charge is -2.06. The van der Waals surface area contributed by atoms with Gasteiger partial charge in [-0.3, -0.25) is 4.79 Å². The second-order valence-electron chi connectivity index (χ2n) is 4.77. The van der Waals surface area contributed by atoms with Crippen LogP contribution in [0.4, 0.5) is 0 Å². The number of hydrogen-bond donors (Lipinski definition) is 0. The van der Waals surface area contributed by atoms with Crippen LogP contribution in [0, 0.1) is 0 Å². The summed E-state index contributed by atoms with van der Waals surface area (Å²) < 4.78 is 5.24. The third-order valence-corrected chi connectivity index (χ3v) is 2.94. The molecular formula is C19H16O3. The van der Waals surface area contributed by atoms with E-state index >= 15 is 0 Å². The van der Waals surface area contributed by atoms with Crippen molar-refractivity contribution < 1.29 is 14.3 Å². The minimum absolute atomic E-state index is 0.110. The van der Waals surface area contributed by atoms with Gasteiger partial charge in [0.25, 0.3) is 0 Å². The van der Waals surface area contributed by atoms with Crippen molar-refractivity contribution in [3.8, 4) is 5.75 Å². The van der Waals surface area contributed by atoms with Gasteiger partial charge in [0.05, 0.1) is 0 Å². The average molecular weight is 292 g/mol. The number of benzene rings is 2. The number of esters is 1. The van der Waals surface area contributed by atoms with Crippen molar-refractivity contribution in [2.24, 2.45) is 0 Å². The van der Waals surface area contributed by atoms with E-state index in [1.54, 1.807) is 43.3 Å². The largest absolute Gasteiger partial charge is 0.423 e. The van der Waals surface area contributed by atoms with Crippen LogP contribution in [0.3, 0.4) is 0 Å². The Balaban J connectivity index is 2.19. The average Bonchev–Trinajstić information content (AvgIpc) is 2.54. The Morgan fingerprint density at radius 1 is 1.00 bits per heavy atom. The monoisotopic (exact) mass is 292 g/mol. The molecule has 0 aromatic heterocycles. The highest BCUT2D eigenvalue weighted by Gasteiger charge is 2.08. The number of carbonyl (C=O) groups is 2. The maximum absolute atomic E-state index is 12.1. The summed E-state index contributed by atoms with van der Waals surface area (Å²) in [6, 6.07) is 16.0. The Hall–Kier alpha value is -2.94. The first-order valence-electron chi connectivity index (χ1n) is 6.82. The lowest BCUT2D eigenvalue weighted by atomic mass is 10.1. The van der Waals surface area contributed by atoms with Crippen molar-refractivity contribution in [3.63, 3.8) is 0 Å². The van der Waals surface area contributed by atoms with Crippen molar-refractivity contribution in [3.05, 3.63) is 84.0 Å². The standard InChI is InChI=1S/C19H16O3/c1-14(2)19(21)22-18-11-7-6-10-16(18)12-13-17(20)15-8-4-3-5-9-15/h3-13H,1H2,2H3. The van der Waals surface area contributed by atoms with Gasteiger partial charge in [-0.05, 0) is 25.1 Å². The quantitative estimate of drug-likeness (QED) is 0.361. The highest BCUT2D eigenvalue weighted by atomic mass is 16.5. The molecule has 22 heavy (non-hydrogen) atoms. The van der Waals surface area contributed by atoms with Gasteiger partial charge in [-0.15, -0.1) is 0 Å². The molecule has 0 heterocycles. The van der Waals surface area contributed by atoms with E-state index in [2.05, 4.69) is 6.58 Å². The molecule has 2 rings (SSSR count). The van der Waals surface area contributed by atoms with Crippen molar-refractivity contribution in [1.29, 1.82) is 0 Å². The van der Waals surface area contributed by atoms with Gasteiger partial charge < -0.3 is 4.74 Å². The first-order valence-corrected chi connectivity index (χ1v) is 6.82. The molecule has 0 atom stereocenters. The van der Waals surface area contributed by atoms with Crippen LogP contribution < -0.4 is 4.74 Å². The summed E-state index contributed by atoms with van der Waals surface area (Å²) in [6.07, 6.45) is 3.10. The fourth-order valence-electron chi connectivity index (χ4n) is 1.76. The van der Waals surface area contributed by atoms with E-state index in [-0.39, 0.29) is 5.78 Å². The summed E-state index contributed by atoms with van der Waals surface area (Å²) >= 11 is 0.